The van der Waals surface area contributed by atoms with E-state index in [1.54, 1.807) is 0 Å². The molecule has 7 heteroatoms. The van der Waals surface area contributed by atoms with Crippen LogP contribution in [0.1, 0.15) is 30.7 Å². The summed E-state index contributed by atoms with van der Waals surface area (Å²) in [5, 5.41) is 16.6. The Morgan fingerprint density at radius 1 is 1.12 bits per heavy atom. The lowest BCUT2D eigenvalue weighted by Crippen LogP contribution is -2.43. The van der Waals surface area contributed by atoms with Gasteiger partial charge in [0.1, 0.15) is 0 Å². The molecule has 3 aromatic rings. The zero-order valence-corrected chi connectivity index (χ0v) is 13.4. The molecule has 0 unspecified atom stereocenters. The molecule has 0 aliphatic carbocycles. The molecule has 7 nitrogen and oxygen atoms in total. The first kappa shape index (κ1) is 14.1. The fourth-order valence-corrected chi connectivity index (χ4v) is 3.50. The van der Waals surface area contributed by atoms with Crippen molar-refractivity contribution in [1.82, 2.24) is 30.6 Å². The Morgan fingerprint density at radius 3 is 2.79 bits per heavy atom. The van der Waals surface area contributed by atoms with Crippen LogP contribution in [0.4, 0.5) is 0 Å². The monoisotopic (exact) mass is 324 g/mol. The molecule has 4 heterocycles. The van der Waals surface area contributed by atoms with E-state index in [2.05, 4.69) is 42.7 Å². The summed E-state index contributed by atoms with van der Waals surface area (Å²) in [6, 6.07) is 6.69. The van der Waals surface area contributed by atoms with E-state index < -0.39 is 0 Å². The number of nitrogens with one attached hydrogen (secondary N) is 2. The Morgan fingerprint density at radius 2 is 2.00 bits per heavy atom. The molecule has 0 saturated carbocycles. The number of hydrogen-bond donors (Lipinski definition) is 2. The number of fused-ring (bicyclic) bond motifs is 1. The van der Waals surface area contributed by atoms with Crippen LogP contribution in [0.2, 0.25) is 0 Å². The number of aromatic nitrogens is 4. The molecule has 0 amide bonds. The van der Waals surface area contributed by atoms with Gasteiger partial charge in [-0.1, -0.05) is 17.3 Å². The Labute approximate surface area is 139 Å². The average Bonchev–Trinajstić information content (AvgIpc) is 3.22. The van der Waals surface area contributed by atoms with Gasteiger partial charge in [-0.05, 0) is 32.0 Å². The van der Waals surface area contributed by atoms with Gasteiger partial charge in [0, 0.05) is 30.0 Å². The topological polar surface area (TPSA) is 80.8 Å². The third-order valence-corrected chi connectivity index (χ3v) is 5.09. The number of hydrogen-bond acceptors (Lipinski definition) is 6. The van der Waals surface area contributed by atoms with Crippen molar-refractivity contribution in [2.75, 3.05) is 26.2 Å². The van der Waals surface area contributed by atoms with Gasteiger partial charge in [0.15, 0.2) is 0 Å². The maximum Gasteiger partial charge on any atom is 0.230 e. The number of rotatable bonds is 3. The molecule has 2 saturated heterocycles. The van der Waals surface area contributed by atoms with Crippen molar-refractivity contribution < 1.29 is 4.52 Å². The Bertz CT molecular complexity index is 859. The smallest absolute Gasteiger partial charge is 0.230 e. The predicted octanol–water partition coefficient (Wildman–Crippen LogP) is 1.70. The highest BCUT2D eigenvalue weighted by Crippen LogP contribution is 2.28. The second-order valence-corrected chi connectivity index (χ2v) is 6.66. The average molecular weight is 324 g/mol. The zero-order chi connectivity index (χ0) is 15.9. The Kier molecular flexibility index (Phi) is 3.34. The SMILES string of the molecule is c1cc2cnn(C3CNC3)c2cc1-c1noc(C2CCNCC2)n1. The minimum atomic E-state index is 0.378. The zero-order valence-electron chi connectivity index (χ0n) is 13.4. The molecule has 0 radical (unpaired) electrons. The predicted molar refractivity (Wildman–Crippen MR) is 89.8 cm³/mol. The summed E-state index contributed by atoms with van der Waals surface area (Å²) in [7, 11) is 0. The van der Waals surface area contributed by atoms with Crippen molar-refractivity contribution in [2.45, 2.75) is 24.8 Å². The van der Waals surface area contributed by atoms with Crippen molar-refractivity contribution in [3.63, 3.8) is 0 Å². The molecule has 124 valence electrons. The first-order chi connectivity index (χ1) is 11.9. The van der Waals surface area contributed by atoms with Crippen LogP contribution in [-0.4, -0.2) is 46.1 Å². The second-order valence-electron chi connectivity index (χ2n) is 6.66. The Hall–Kier alpha value is -2.25. The van der Waals surface area contributed by atoms with Crippen LogP contribution in [0.15, 0.2) is 28.9 Å². The number of piperidine rings is 1. The van der Waals surface area contributed by atoms with Crippen LogP contribution < -0.4 is 10.6 Å². The van der Waals surface area contributed by atoms with Crippen LogP contribution in [0.5, 0.6) is 0 Å². The molecule has 0 spiro atoms. The molecule has 2 N–H and O–H groups in total. The van der Waals surface area contributed by atoms with Crippen molar-refractivity contribution in [1.29, 1.82) is 0 Å². The van der Waals surface area contributed by atoms with Gasteiger partial charge in [-0.2, -0.15) is 10.1 Å². The number of benzene rings is 1. The fraction of sp³-hybridized carbons (Fsp3) is 0.471. The van der Waals surface area contributed by atoms with E-state index in [0.717, 1.165) is 61.4 Å². The quantitative estimate of drug-likeness (QED) is 0.763. The summed E-state index contributed by atoms with van der Waals surface area (Å²) in [4.78, 5) is 4.66. The van der Waals surface area contributed by atoms with E-state index in [4.69, 9.17) is 4.52 Å². The van der Waals surface area contributed by atoms with Gasteiger partial charge in [-0.15, -0.1) is 0 Å². The van der Waals surface area contributed by atoms with E-state index in [1.165, 1.54) is 0 Å². The van der Waals surface area contributed by atoms with Crippen LogP contribution in [0.3, 0.4) is 0 Å². The van der Waals surface area contributed by atoms with Crippen LogP contribution in [-0.2, 0) is 0 Å². The van der Waals surface area contributed by atoms with Crippen LogP contribution in [0.25, 0.3) is 22.3 Å². The second kappa shape index (κ2) is 5.68. The van der Waals surface area contributed by atoms with E-state index in [1.807, 2.05) is 12.3 Å². The summed E-state index contributed by atoms with van der Waals surface area (Å²) in [6.07, 6.45) is 4.04. The minimum Gasteiger partial charge on any atom is -0.339 e. The highest BCUT2D eigenvalue weighted by Gasteiger charge is 2.23. The van der Waals surface area contributed by atoms with Crippen molar-refractivity contribution >= 4 is 10.9 Å². The van der Waals surface area contributed by atoms with Crippen molar-refractivity contribution in [2.24, 2.45) is 0 Å². The standard InChI is InChI=1S/C17H20N6O/c1-2-13-8-20-23(14-9-19-10-14)15(13)7-12(1)16-21-17(24-22-16)11-3-5-18-6-4-11/h1-2,7-8,11,14,18-19H,3-6,9-10H2. The molecule has 0 bridgehead atoms. The maximum atomic E-state index is 5.54. The largest absolute Gasteiger partial charge is 0.339 e. The molecule has 5 rings (SSSR count). The third kappa shape index (κ3) is 2.32. The Balaban J connectivity index is 1.48. The lowest BCUT2D eigenvalue weighted by atomic mass is 9.98. The van der Waals surface area contributed by atoms with Gasteiger partial charge in [0.2, 0.25) is 11.7 Å². The van der Waals surface area contributed by atoms with Gasteiger partial charge < -0.3 is 15.2 Å². The lowest BCUT2D eigenvalue weighted by Gasteiger charge is -2.27. The highest BCUT2D eigenvalue weighted by atomic mass is 16.5. The molecule has 2 aromatic heterocycles. The molecule has 2 fully saturated rings. The first-order valence-corrected chi connectivity index (χ1v) is 8.61. The number of nitrogens with zero attached hydrogens (tertiary/aromatic N) is 4. The van der Waals surface area contributed by atoms with Gasteiger partial charge >= 0.3 is 0 Å². The molecule has 1 aromatic carbocycles. The summed E-state index contributed by atoms with van der Waals surface area (Å²) in [5.74, 6) is 1.82. The van der Waals surface area contributed by atoms with Gasteiger partial charge in [0.05, 0.1) is 17.8 Å². The normalized spacial score (nSPS) is 19.7. The third-order valence-electron chi connectivity index (χ3n) is 5.09. The molecular formula is C17H20N6O. The molecule has 0 atom stereocenters. The van der Waals surface area contributed by atoms with Crippen LogP contribution >= 0.6 is 0 Å². The van der Waals surface area contributed by atoms with E-state index in [9.17, 15) is 0 Å². The van der Waals surface area contributed by atoms with E-state index in [-0.39, 0.29) is 0 Å². The van der Waals surface area contributed by atoms with Gasteiger partial charge in [-0.3, -0.25) is 4.68 Å². The molecular weight excluding hydrogens is 304 g/mol. The lowest BCUT2D eigenvalue weighted by molar-refractivity contribution is 0.320. The molecule has 2 aliphatic heterocycles. The summed E-state index contributed by atoms with van der Waals surface area (Å²) in [6.45, 7) is 3.98. The van der Waals surface area contributed by atoms with E-state index >= 15 is 0 Å². The molecule has 24 heavy (non-hydrogen) atoms. The first-order valence-electron chi connectivity index (χ1n) is 8.61. The van der Waals surface area contributed by atoms with Crippen molar-refractivity contribution in [3.8, 4) is 11.4 Å². The maximum absolute atomic E-state index is 5.54. The molecule has 2 aliphatic rings. The van der Waals surface area contributed by atoms with Gasteiger partial charge in [0.25, 0.3) is 0 Å². The summed E-state index contributed by atoms with van der Waals surface area (Å²) in [5.41, 5.74) is 2.12. The van der Waals surface area contributed by atoms with Crippen LogP contribution in [0, 0.1) is 0 Å². The van der Waals surface area contributed by atoms with E-state index in [0.29, 0.717) is 17.8 Å². The fourth-order valence-electron chi connectivity index (χ4n) is 3.50. The minimum absolute atomic E-state index is 0.378. The highest BCUT2D eigenvalue weighted by molar-refractivity contribution is 5.83. The summed E-state index contributed by atoms with van der Waals surface area (Å²) < 4.78 is 7.64. The summed E-state index contributed by atoms with van der Waals surface area (Å²) >= 11 is 0. The van der Waals surface area contributed by atoms with Gasteiger partial charge in [-0.25, -0.2) is 0 Å². The van der Waals surface area contributed by atoms with Crippen molar-refractivity contribution in [3.05, 3.63) is 30.3 Å².